The molecule has 0 aliphatic heterocycles. The zero-order valence-electron chi connectivity index (χ0n) is 18.6. The molecule has 1 aromatic heterocycles. The molecule has 3 N–H and O–H groups in total. The monoisotopic (exact) mass is 473 g/mol. The van der Waals surface area contributed by atoms with Crippen LogP contribution in [0, 0.1) is 6.92 Å². The molecular formula is C25H23N5O3S. The number of hydrogen-bond donors (Lipinski definition) is 3. The van der Waals surface area contributed by atoms with Gasteiger partial charge >= 0.3 is 0 Å². The normalized spacial score (nSPS) is 11.0. The molecule has 4 aromatic rings. The first kappa shape index (κ1) is 22.9. The lowest BCUT2D eigenvalue weighted by molar-refractivity contribution is 0.102. The largest absolute Gasteiger partial charge is 0.340 e. The lowest BCUT2D eigenvalue weighted by atomic mass is 10.1. The predicted octanol–water partition coefficient (Wildman–Crippen LogP) is 4.82. The second-order valence-corrected chi connectivity index (χ2v) is 9.41. The molecule has 0 spiro atoms. The minimum atomic E-state index is -3.38. The van der Waals surface area contributed by atoms with Gasteiger partial charge in [0, 0.05) is 34.3 Å². The van der Waals surface area contributed by atoms with Crippen molar-refractivity contribution in [1.29, 1.82) is 0 Å². The number of nitrogens with zero attached hydrogens (tertiary/aromatic N) is 2. The number of carbonyl (C=O) groups excluding carboxylic acids is 1. The fraction of sp³-hybridized carbons (Fsp3) is 0.0800. The number of hydrogen-bond acceptors (Lipinski definition) is 6. The van der Waals surface area contributed by atoms with Gasteiger partial charge in [0.25, 0.3) is 5.91 Å². The van der Waals surface area contributed by atoms with Gasteiger partial charge in [-0.15, -0.1) is 0 Å². The molecular weight excluding hydrogens is 450 g/mol. The van der Waals surface area contributed by atoms with Crippen molar-refractivity contribution in [3.05, 3.63) is 96.3 Å². The van der Waals surface area contributed by atoms with Crippen LogP contribution in [0.25, 0.3) is 11.3 Å². The maximum atomic E-state index is 12.6. The molecule has 9 heteroatoms. The maximum Gasteiger partial charge on any atom is 0.255 e. The molecule has 1 amide bonds. The number of amides is 1. The third kappa shape index (κ3) is 6.17. The van der Waals surface area contributed by atoms with Crippen molar-refractivity contribution >= 4 is 38.8 Å². The molecule has 0 fully saturated rings. The summed E-state index contributed by atoms with van der Waals surface area (Å²) in [5, 5.41) is 6.12. The lowest BCUT2D eigenvalue weighted by Crippen LogP contribution is -2.13. The Kier molecular flexibility index (Phi) is 6.55. The van der Waals surface area contributed by atoms with Crippen LogP contribution in [0.5, 0.6) is 0 Å². The first-order chi connectivity index (χ1) is 16.2. The molecule has 0 atom stereocenters. The Bertz CT molecular complexity index is 1420. The van der Waals surface area contributed by atoms with Crippen molar-refractivity contribution in [3.63, 3.8) is 0 Å². The Morgan fingerprint density at radius 1 is 0.794 bits per heavy atom. The van der Waals surface area contributed by atoms with Crippen LogP contribution in [0.15, 0.2) is 84.9 Å². The lowest BCUT2D eigenvalue weighted by Gasteiger charge is -2.11. The topological polar surface area (TPSA) is 113 Å². The van der Waals surface area contributed by atoms with Gasteiger partial charge in [-0.3, -0.25) is 9.52 Å². The number of rotatable bonds is 7. The van der Waals surface area contributed by atoms with E-state index in [9.17, 15) is 13.2 Å². The number of benzene rings is 3. The Hall–Kier alpha value is -4.24. The smallest absolute Gasteiger partial charge is 0.255 e. The molecule has 0 saturated carbocycles. The van der Waals surface area contributed by atoms with Crippen LogP contribution in [0.2, 0.25) is 0 Å². The van der Waals surface area contributed by atoms with Crippen molar-refractivity contribution < 1.29 is 13.2 Å². The fourth-order valence-electron chi connectivity index (χ4n) is 3.32. The average molecular weight is 474 g/mol. The van der Waals surface area contributed by atoms with Gasteiger partial charge in [0.1, 0.15) is 11.6 Å². The molecule has 0 aliphatic carbocycles. The quantitative estimate of drug-likeness (QED) is 0.355. The number of carbonyl (C=O) groups is 1. The molecule has 34 heavy (non-hydrogen) atoms. The molecule has 4 rings (SSSR count). The highest BCUT2D eigenvalue weighted by molar-refractivity contribution is 7.92. The summed E-state index contributed by atoms with van der Waals surface area (Å²) in [6, 6.07) is 25.2. The number of aromatic nitrogens is 2. The summed E-state index contributed by atoms with van der Waals surface area (Å²) in [7, 11) is -3.38. The van der Waals surface area contributed by atoms with Crippen LogP contribution in [0.1, 0.15) is 16.2 Å². The van der Waals surface area contributed by atoms with E-state index >= 15 is 0 Å². The second-order valence-electron chi connectivity index (χ2n) is 7.66. The molecule has 0 unspecified atom stereocenters. The van der Waals surface area contributed by atoms with Gasteiger partial charge < -0.3 is 10.6 Å². The van der Waals surface area contributed by atoms with E-state index in [0.717, 1.165) is 23.2 Å². The highest BCUT2D eigenvalue weighted by Gasteiger charge is 2.09. The van der Waals surface area contributed by atoms with E-state index in [-0.39, 0.29) is 5.91 Å². The van der Waals surface area contributed by atoms with Crippen molar-refractivity contribution in [3.8, 4) is 11.3 Å². The van der Waals surface area contributed by atoms with Gasteiger partial charge in [0.15, 0.2) is 0 Å². The van der Waals surface area contributed by atoms with Gasteiger partial charge in [0.05, 0.1) is 11.9 Å². The standard InChI is InChI=1S/C25H23N5O3S/c1-17-26-23(18-7-4-3-5-8-18)16-24(27-17)28-21-9-6-10-22(15-21)29-25(31)19-11-13-20(14-12-19)30-34(2,32)33/h3-16,30H,1-2H3,(H,29,31)(H,26,27,28). The molecule has 0 aliphatic rings. The summed E-state index contributed by atoms with van der Waals surface area (Å²) < 4.78 is 25.0. The number of anilines is 4. The van der Waals surface area contributed by atoms with E-state index in [1.807, 2.05) is 55.5 Å². The molecule has 1 heterocycles. The van der Waals surface area contributed by atoms with Crippen LogP contribution in [0.3, 0.4) is 0 Å². The van der Waals surface area contributed by atoms with Crippen molar-refractivity contribution in [2.45, 2.75) is 6.92 Å². The fourth-order valence-corrected chi connectivity index (χ4v) is 3.88. The minimum Gasteiger partial charge on any atom is -0.340 e. The molecule has 0 radical (unpaired) electrons. The van der Waals surface area contributed by atoms with Crippen molar-refractivity contribution in [1.82, 2.24) is 9.97 Å². The number of aryl methyl sites for hydroxylation is 1. The third-order valence-electron chi connectivity index (χ3n) is 4.75. The van der Waals surface area contributed by atoms with E-state index in [1.54, 1.807) is 24.3 Å². The summed E-state index contributed by atoms with van der Waals surface area (Å²) >= 11 is 0. The van der Waals surface area contributed by atoms with Crippen molar-refractivity contribution in [2.24, 2.45) is 0 Å². The van der Waals surface area contributed by atoms with Crippen LogP contribution in [0.4, 0.5) is 22.9 Å². The van der Waals surface area contributed by atoms with Gasteiger partial charge in [0.2, 0.25) is 10.0 Å². The van der Waals surface area contributed by atoms with E-state index in [0.29, 0.717) is 28.6 Å². The van der Waals surface area contributed by atoms with E-state index in [2.05, 4.69) is 25.3 Å². The summed E-state index contributed by atoms with van der Waals surface area (Å²) in [6.45, 7) is 1.84. The average Bonchev–Trinajstić information content (AvgIpc) is 2.79. The molecule has 172 valence electrons. The highest BCUT2D eigenvalue weighted by atomic mass is 32.2. The van der Waals surface area contributed by atoms with Crippen LogP contribution in [-0.4, -0.2) is 30.5 Å². The first-order valence-corrected chi connectivity index (χ1v) is 12.3. The summed E-state index contributed by atoms with van der Waals surface area (Å²) in [5.74, 6) is 0.971. The third-order valence-corrected chi connectivity index (χ3v) is 5.36. The van der Waals surface area contributed by atoms with E-state index < -0.39 is 10.0 Å². The molecule has 8 nitrogen and oxygen atoms in total. The Morgan fingerprint density at radius 2 is 1.50 bits per heavy atom. The van der Waals surface area contributed by atoms with Crippen LogP contribution in [-0.2, 0) is 10.0 Å². The summed E-state index contributed by atoms with van der Waals surface area (Å²) in [4.78, 5) is 21.6. The van der Waals surface area contributed by atoms with Gasteiger partial charge in [-0.25, -0.2) is 18.4 Å². The zero-order valence-corrected chi connectivity index (χ0v) is 19.4. The first-order valence-electron chi connectivity index (χ1n) is 10.4. The molecule has 0 bridgehead atoms. The van der Waals surface area contributed by atoms with Crippen molar-refractivity contribution in [2.75, 3.05) is 21.6 Å². The van der Waals surface area contributed by atoms with Gasteiger partial charge in [-0.2, -0.15) is 0 Å². The zero-order chi connectivity index (χ0) is 24.1. The van der Waals surface area contributed by atoms with E-state index in [1.165, 1.54) is 12.1 Å². The van der Waals surface area contributed by atoms with Gasteiger partial charge in [-0.1, -0.05) is 36.4 Å². The molecule has 0 saturated heterocycles. The Balaban J connectivity index is 1.47. The minimum absolute atomic E-state index is 0.313. The Morgan fingerprint density at radius 3 is 2.21 bits per heavy atom. The predicted molar refractivity (Wildman–Crippen MR) is 135 cm³/mol. The Labute approximate surface area is 198 Å². The van der Waals surface area contributed by atoms with Crippen LogP contribution >= 0.6 is 0 Å². The number of sulfonamides is 1. The maximum absolute atomic E-state index is 12.6. The number of nitrogens with one attached hydrogen (secondary N) is 3. The van der Waals surface area contributed by atoms with E-state index in [4.69, 9.17) is 0 Å². The second kappa shape index (κ2) is 9.72. The summed E-state index contributed by atoms with van der Waals surface area (Å²) in [5.41, 5.74) is 3.95. The SMILES string of the molecule is Cc1nc(Nc2cccc(NC(=O)c3ccc(NS(C)(=O)=O)cc3)c2)cc(-c2ccccc2)n1. The van der Waals surface area contributed by atoms with Crippen LogP contribution < -0.4 is 15.4 Å². The molecule has 3 aromatic carbocycles. The van der Waals surface area contributed by atoms with Gasteiger partial charge in [-0.05, 0) is 49.4 Å². The summed E-state index contributed by atoms with van der Waals surface area (Å²) in [6.07, 6.45) is 1.07. The highest BCUT2D eigenvalue weighted by Crippen LogP contribution is 2.24.